The molecular weight excluding hydrogens is 323 g/mol. The van der Waals surface area contributed by atoms with E-state index in [0.29, 0.717) is 11.3 Å². The molecule has 0 aliphatic heterocycles. The van der Waals surface area contributed by atoms with Crippen LogP contribution in [0.4, 0.5) is 10.1 Å². The molecule has 0 N–H and O–H groups in total. The van der Waals surface area contributed by atoms with E-state index in [1.807, 2.05) is 12.1 Å². The van der Waals surface area contributed by atoms with E-state index in [0.717, 1.165) is 4.80 Å². The van der Waals surface area contributed by atoms with Crippen LogP contribution < -0.4 is 4.90 Å². The summed E-state index contributed by atoms with van der Waals surface area (Å²) in [6.45, 7) is -0.271. The first kappa shape index (κ1) is 16.3. The largest absolute Gasteiger partial charge is 0.297 e. The maximum atomic E-state index is 13.3. The lowest BCUT2D eigenvalue weighted by molar-refractivity contribution is -0.119. The van der Waals surface area contributed by atoms with E-state index in [1.165, 1.54) is 17.0 Å². The molecule has 1 heterocycles. The molecule has 8 heteroatoms. The maximum Gasteiger partial charge on any atom is 0.251 e. The van der Waals surface area contributed by atoms with Gasteiger partial charge >= 0.3 is 0 Å². The van der Waals surface area contributed by atoms with Crippen molar-refractivity contribution in [2.24, 2.45) is 0 Å². The monoisotopic (exact) mass is 336 g/mol. The Hall–Kier alpha value is -3.60. The van der Waals surface area contributed by atoms with Crippen LogP contribution in [0.1, 0.15) is 0 Å². The van der Waals surface area contributed by atoms with Gasteiger partial charge in [0.2, 0.25) is 5.82 Å². The fourth-order valence-electron chi connectivity index (χ4n) is 2.26. The lowest BCUT2D eigenvalue weighted by Crippen LogP contribution is -2.34. The molecule has 0 bridgehead atoms. The zero-order valence-electron chi connectivity index (χ0n) is 13.1. The summed E-state index contributed by atoms with van der Waals surface area (Å²) in [4.78, 5) is 14.9. The van der Waals surface area contributed by atoms with Crippen LogP contribution >= 0.6 is 0 Å². The Labute approximate surface area is 142 Å². The third-order valence-electron chi connectivity index (χ3n) is 3.41. The average Bonchev–Trinajstić information content (AvgIpc) is 3.09. The summed E-state index contributed by atoms with van der Waals surface area (Å²) in [6, 6.07) is 16.6. The van der Waals surface area contributed by atoms with Gasteiger partial charge in [-0.2, -0.15) is 10.1 Å². The topological polar surface area (TPSA) is 87.7 Å². The molecule has 0 unspecified atom stereocenters. The van der Waals surface area contributed by atoms with Crippen LogP contribution in [-0.4, -0.2) is 32.7 Å². The van der Waals surface area contributed by atoms with Crippen LogP contribution in [-0.2, 0) is 11.3 Å². The number of carbonyl (C=O) groups excluding carboxylic acids is 1. The molecule has 7 nitrogen and oxygen atoms in total. The van der Waals surface area contributed by atoms with Gasteiger partial charge in [-0.15, -0.1) is 10.2 Å². The number of amides is 1. The first-order chi connectivity index (χ1) is 12.2. The number of benzene rings is 2. The minimum Gasteiger partial charge on any atom is -0.297 e. The van der Waals surface area contributed by atoms with Crippen molar-refractivity contribution in [3.63, 3.8) is 0 Å². The van der Waals surface area contributed by atoms with E-state index in [9.17, 15) is 9.18 Å². The van der Waals surface area contributed by atoms with Crippen LogP contribution in [0, 0.1) is 17.1 Å². The standard InChI is InChI=1S/C17H13FN6O/c18-14-6-4-5-13(11-14)17-20-22-24(21-17)12-16(25)23(10-9-19)15-7-2-1-3-8-15/h1-8,11H,10,12H2. The zero-order chi connectivity index (χ0) is 17.6. The van der Waals surface area contributed by atoms with E-state index in [1.54, 1.807) is 36.4 Å². The molecule has 0 radical (unpaired) electrons. The van der Waals surface area contributed by atoms with Crippen molar-refractivity contribution in [1.29, 1.82) is 5.26 Å². The fraction of sp³-hybridized carbons (Fsp3) is 0.118. The molecule has 0 atom stereocenters. The molecule has 0 aliphatic carbocycles. The number of tetrazole rings is 1. The molecule has 0 aliphatic rings. The molecule has 2 aromatic carbocycles. The van der Waals surface area contributed by atoms with Crippen LogP contribution in [0.5, 0.6) is 0 Å². The average molecular weight is 336 g/mol. The Morgan fingerprint density at radius 1 is 1.20 bits per heavy atom. The third-order valence-corrected chi connectivity index (χ3v) is 3.41. The Balaban J connectivity index is 1.77. The predicted octanol–water partition coefficient (Wildman–Crippen LogP) is 2.04. The number of halogens is 1. The van der Waals surface area contributed by atoms with Crippen LogP contribution in [0.25, 0.3) is 11.4 Å². The van der Waals surface area contributed by atoms with Crippen LogP contribution in [0.3, 0.4) is 0 Å². The van der Waals surface area contributed by atoms with E-state index in [4.69, 9.17) is 5.26 Å². The van der Waals surface area contributed by atoms with E-state index < -0.39 is 5.82 Å². The second kappa shape index (κ2) is 7.31. The van der Waals surface area contributed by atoms with Gasteiger partial charge in [-0.3, -0.25) is 9.69 Å². The van der Waals surface area contributed by atoms with Gasteiger partial charge in [-0.25, -0.2) is 4.39 Å². The SMILES string of the molecule is N#CCN(C(=O)Cn1nnc(-c2cccc(F)c2)n1)c1ccccc1. The summed E-state index contributed by atoms with van der Waals surface area (Å²) in [5, 5.41) is 20.7. The highest BCUT2D eigenvalue weighted by atomic mass is 19.1. The van der Waals surface area contributed by atoms with Gasteiger partial charge in [0.05, 0.1) is 6.07 Å². The molecule has 25 heavy (non-hydrogen) atoms. The number of rotatable bonds is 5. The molecule has 124 valence electrons. The van der Waals surface area contributed by atoms with E-state index >= 15 is 0 Å². The number of para-hydroxylation sites is 1. The number of nitrogens with zero attached hydrogens (tertiary/aromatic N) is 6. The van der Waals surface area contributed by atoms with E-state index in [-0.39, 0.29) is 24.8 Å². The normalized spacial score (nSPS) is 10.2. The van der Waals surface area contributed by atoms with Gasteiger partial charge < -0.3 is 0 Å². The number of aromatic nitrogens is 4. The first-order valence-electron chi connectivity index (χ1n) is 7.43. The maximum absolute atomic E-state index is 13.3. The molecule has 0 fully saturated rings. The minimum absolute atomic E-state index is 0.0890. The summed E-state index contributed by atoms with van der Waals surface area (Å²) in [6.07, 6.45) is 0. The van der Waals surface area contributed by atoms with Crippen molar-refractivity contribution in [3.05, 3.63) is 60.4 Å². The highest BCUT2D eigenvalue weighted by molar-refractivity contribution is 5.93. The Bertz CT molecular complexity index is 918. The summed E-state index contributed by atoms with van der Waals surface area (Å²) in [5.74, 6) is -0.538. The number of hydrogen-bond donors (Lipinski definition) is 0. The summed E-state index contributed by atoms with van der Waals surface area (Å²) >= 11 is 0. The Morgan fingerprint density at radius 3 is 2.72 bits per heavy atom. The third kappa shape index (κ3) is 3.84. The number of nitriles is 1. The second-order valence-corrected chi connectivity index (χ2v) is 5.13. The van der Waals surface area contributed by atoms with Crippen molar-refractivity contribution >= 4 is 11.6 Å². The molecule has 1 aromatic heterocycles. The zero-order valence-corrected chi connectivity index (χ0v) is 13.1. The van der Waals surface area contributed by atoms with Gasteiger partial charge in [0, 0.05) is 11.3 Å². The predicted molar refractivity (Wildman–Crippen MR) is 87.6 cm³/mol. The van der Waals surface area contributed by atoms with Crippen molar-refractivity contribution in [3.8, 4) is 17.5 Å². The summed E-state index contributed by atoms with van der Waals surface area (Å²) in [5.41, 5.74) is 1.08. The van der Waals surface area contributed by atoms with Crippen molar-refractivity contribution in [2.75, 3.05) is 11.4 Å². The van der Waals surface area contributed by atoms with Crippen molar-refractivity contribution in [1.82, 2.24) is 20.2 Å². The van der Waals surface area contributed by atoms with Crippen molar-refractivity contribution in [2.45, 2.75) is 6.54 Å². The number of carbonyl (C=O) groups is 1. The molecule has 1 amide bonds. The lowest BCUT2D eigenvalue weighted by atomic mass is 10.2. The van der Waals surface area contributed by atoms with Crippen LogP contribution in [0.15, 0.2) is 54.6 Å². The summed E-state index contributed by atoms with van der Waals surface area (Å²) in [7, 11) is 0. The van der Waals surface area contributed by atoms with Gasteiger partial charge in [0.15, 0.2) is 0 Å². The fourth-order valence-corrected chi connectivity index (χ4v) is 2.26. The smallest absolute Gasteiger partial charge is 0.251 e. The molecule has 3 rings (SSSR count). The summed E-state index contributed by atoms with van der Waals surface area (Å²) < 4.78 is 13.3. The highest BCUT2D eigenvalue weighted by Gasteiger charge is 2.17. The number of anilines is 1. The molecule has 3 aromatic rings. The van der Waals surface area contributed by atoms with Gasteiger partial charge in [-0.05, 0) is 29.5 Å². The first-order valence-corrected chi connectivity index (χ1v) is 7.43. The van der Waals surface area contributed by atoms with Gasteiger partial charge in [0.25, 0.3) is 5.91 Å². The second-order valence-electron chi connectivity index (χ2n) is 5.13. The lowest BCUT2D eigenvalue weighted by Gasteiger charge is -2.19. The minimum atomic E-state index is -0.408. The van der Waals surface area contributed by atoms with Crippen LogP contribution in [0.2, 0.25) is 0 Å². The Morgan fingerprint density at radius 2 is 2.00 bits per heavy atom. The molecule has 0 spiro atoms. The van der Waals surface area contributed by atoms with Crippen molar-refractivity contribution < 1.29 is 9.18 Å². The van der Waals surface area contributed by atoms with E-state index in [2.05, 4.69) is 15.4 Å². The molecular formula is C17H13FN6O. The molecule has 0 saturated carbocycles. The Kier molecular flexibility index (Phi) is 4.76. The highest BCUT2D eigenvalue weighted by Crippen LogP contribution is 2.15. The quantitative estimate of drug-likeness (QED) is 0.665. The number of hydrogen-bond acceptors (Lipinski definition) is 5. The van der Waals surface area contributed by atoms with Gasteiger partial charge in [-0.1, -0.05) is 30.3 Å². The molecule has 0 saturated heterocycles. The van der Waals surface area contributed by atoms with Gasteiger partial charge in [0.1, 0.15) is 18.9 Å².